The Morgan fingerprint density at radius 2 is 1.74 bits per heavy atom. The normalized spacial score (nSPS) is 19.4. The number of benzene rings is 2. The molecule has 1 aliphatic rings. The van der Waals surface area contributed by atoms with E-state index < -0.39 is 11.9 Å². The van der Waals surface area contributed by atoms with Gasteiger partial charge in [-0.1, -0.05) is 42.0 Å². The Hall–Kier alpha value is -2.88. The Labute approximate surface area is 159 Å². The van der Waals surface area contributed by atoms with Crippen molar-refractivity contribution in [3.63, 3.8) is 0 Å². The summed E-state index contributed by atoms with van der Waals surface area (Å²) in [4.78, 5) is 25.4. The smallest absolute Gasteiger partial charge is 0.317 e. The summed E-state index contributed by atoms with van der Waals surface area (Å²) >= 11 is 0. The van der Waals surface area contributed by atoms with Crippen LogP contribution in [0.1, 0.15) is 36.0 Å². The van der Waals surface area contributed by atoms with Gasteiger partial charge >= 0.3 is 5.97 Å². The largest absolute Gasteiger partial charge is 0.497 e. The van der Waals surface area contributed by atoms with Gasteiger partial charge in [-0.15, -0.1) is 0 Å². The first kappa shape index (κ1) is 18.9. The van der Waals surface area contributed by atoms with Crippen LogP contribution in [-0.4, -0.2) is 25.5 Å². The van der Waals surface area contributed by atoms with Gasteiger partial charge in [0.05, 0.1) is 13.7 Å². The number of rotatable bonds is 5. The average molecular weight is 364 g/mol. The van der Waals surface area contributed by atoms with Gasteiger partial charge in [-0.2, -0.15) is 0 Å². The second kappa shape index (κ2) is 8.21. The summed E-state index contributed by atoms with van der Waals surface area (Å²) in [6.07, 6.45) is 2.19. The molecule has 2 aromatic carbocycles. The molecule has 1 aliphatic carbocycles. The van der Waals surface area contributed by atoms with E-state index in [0.717, 1.165) is 28.0 Å². The molecule has 27 heavy (non-hydrogen) atoms. The number of esters is 1. The zero-order chi connectivity index (χ0) is 19.4. The molecule has 0 bridgehead atoms. The molecule has 2 aromatic rings. The van der Waals surface area contributed by atoms with Crippen molar-refractivity contribution in [1.29, 1.82) is 0 Å². The van der Waals surface area contributed by atoms with Crippen molar-refractivity contribution in [2.45, 2.75) is 26.2 Å². The van der Waals surface area contributed by atoms with Crippen LogP contribution in [0.5, 0.6) is 5.75 Å². The van der Waals surface area contributed by atoms with Gasteiger partial charge in [0.15, 0.2) is 5.78 Å². The first-order valence-electron chi connectivity index (χ1n) is 9.15. The summed E-state index contributed by atoms with van der Waals surface area (Å²) in [5.74, 6) is -0.913. The first-order chi connectivity index (χ1) is 13.0. The molecular formula is C23H24O4. The molecule has 0 aliphatic heterocycles. The number of ketones is 1. The third-order valence-electron chi connectivity index (χ3n) is 4.97. The summed E-state index contributed by atoms with van der Waals surface area (Å²) in [5.41, 5.74) is 4.00. The van der Waals surface area contributed by atoms with Gasteiger partial charge in [-0.25, -0.2) is 0 Å². The maximum atomic E-state index is 12.9. The molecule has 3 rings (SSSR count). The summed E-state index contributed by atoms with van der Waals surface area (Å²) < 4.78 is 10.4. The third kappa shape index (κ3) is 4.11. The first-order valence-corrected chi connectivity index (χ1v) is 9.15. The highest BCUT2D eigenvalue weighted by molar-refractivity contribution is 6.10. The topological polar surface area (TPSA) is 52.6 Å². The Morgan fingerprint density at radius 3 is 2.33 bits per heavy atom. The molecule has 0 radical (unpaired) electrons. The number of ether oxygens (including phenoxy) is 2. The van der Waals surface area contributed by atoms with E-state index in [0.29, 0.717) is 6.42 Å². The number of hydrogen-bond donors (Lipinski definition) is 0. The average Bonchev–Trinajstić information content (AvgIpc) is 2.68. The molecule has 0 heterocycles. The lowest BCUT2D eigenvalue weighted by Crippen LogP contribution is -2.34. The second-order valence-corrected chi connectivity index (χ2v) is 6.75. The fraction of sp³-hybridized carbons (Fsp3) is 0.304. The maximum absolute atomic E-state index is 12.9. The van der Waals surface area contributed by atoms with E-state index >= 15 is 0 Å². The van der Waals surface area contributed by atoms with Gasteiger partial charge in [0.25, 0.3) is 0 Å². The van der Waals surface area contributed by atoms with Crippen LogP contribution >= 0.6 is 0 Å². The van der Waals surface area contributed by atoms with Crippen molar-refractivity contribution in [1.82, 2.24) is 0 Å². The van der Waals surface area contributed by atoms with E-state index in [-0.39, 0.29) is 18.3 Å². The predicted molar refractivity (Wildman–Crippen MR) is 105 cm³/mol. The molecule has 0 unspecified atom stereocenters. The van der Waals surface area contributed by atoms with Crippen LogP contribution < -0.4 is 4.74 Å². The molecular weight excluding hydrogens is 340 g/mol. The summed E-state index contributed by atoms with van der Waals surface area (Å²) in [5, 5.41) is 0. The Bertz CT molecular complexity index is 847. The highest BCUT2D eigenvalue weighted by Gasteiger charge is 2.39. The number of aryl methyl sites for hydroxylation is 1. The fourth-order valence-corrected chi connectivity index (χ4v) is 3.52. The van der Waals surface area contributed by atoms with Crippen LogP contribution in [0.3, 0.4) is 0 Å². The van der Waals surface area contributed by atoms with Crippen LogP contribution in [0.15, 0.2) is 54.6 Å². The lowest BCUT2D eigenvalue weighted by Gasteiger charge is -2.29. The van der Waals surface area contributed by atoms with Crippen LogP contribution in [0, 0.1) is 12.8 Å². The Kier molecular flexibility index (Phi) is 5.75. The summed E-state index contributed by atoms with van der Waals surface area (Å²) in [7, 11) is 1.62. The van der Waals surface area contributed by atoms with E-state index in [1.807, 2.05) is 55.5 Å². The van der Waals surface area contributed by atoms with Crippen LogP contribution in [-0.2, 0) is 14.3 Å². The summed E-state index contributed by atoms with van der Waals surface area (Å²) in [6, 6.07) is 15.6. The van der Waals surface area contributed by atoms with Crippen molar-refractivity contribution in [2.75, 3.05) is 13.7 Å². The second-order valence-electron chi connectivity index (χ2n) is 6.75. The molecule has 140 valence electrons. The quantitative estimate of drug-likeness (QED) is 0.586. The number of methoxy groups -OCH3 is 1. The third-order valence-corrected chi connectivity index (χ3v) is 4.97. The molecule has 0 N–H and O–H groups in total. The zero-order valence-corrected chi connectivity index (χ0v) is 15.9. The molecule has 0 amide bonds. The minimum Gasteiger partial charge on any atom is -0.497 e. The lowest BCUT2D eigenvalue weighted by atomic mass is 9.73. The number of allylic oxidation sites excluding steroid dienone is 2. The van der Waals surface area contributed by atoms with E-state index in [4.69, 9.17) is 9.47 Å². The predicted octanol–water partition coefficient (Wildman–Crippen LogP) is 4.32. The van der Waals surface area contributed by atoms with E-state index in [9.17, 15) is 9.59 Å². The SMILES string of the molecule is CCOC(=O)[C@H]1C(=O)C=C(c2ccc(OC)cc2)C[C@@H]1c1ccc(C)cc1. The molecule has 0 saturated carbocycles. The standard InChI is InChI=1S/C23H24O4/c1-4-27-23(25)22-20(17-7-5-15(2)6-8-17)13-18(14-21(22)24)16-9-11-19(26-3)12-10-16/h5-12,14,20,22H,4,13H2,1-3H3/t20-,22-/m1/s1. The highest BCUT2D eigenvalue weighted by Crippen LogP contribution is 2.40. The molecule has 4 heteroatoms. The van der Waals surface area contributed by atoms with Gasteiger partial charge < -0.3 is 9.47 Å². The van der Waals surface area contributed by atoms with E-state index in [1.165, 1.54) is 0 Å². The number of carbonyl (C=O) groups excluding carboxylic acids is 2. The molecule has 0 aromatic heterocycles. The lowest BCUT2D eigenvalue weighted by molar-refractivity contribution is -0.151. The van der Waals surface area contributed by atoms with Crippen LogP contribution in [0.2, 0.25) is 0 Å². The van der Waals surface area contributed by atoms with Crippen LogP contribution in [0.25, 0.3) is 5.57 Å². The van der Waals surface area contributed by atoms with Gasteiger partial charge in [0.2, 0.25) is 0 Å². The Balaban J connectivity index is 1.99. The zero-order valence-electron chi connectivity index (χ0n) is 15.9. The van der Waals surface area contributed by atoms with Crippen molar-refractivity contribution < 1.29 is 19.1 Å². The van der Waals surface area contributed by atoms with Gasteiger partial charge in [0, 0.05) is 5.92 Å². The minimum absolute atomic E-state index is 0.198. The van der Waals surface area contributed by atoms with Crippen LogP contribution in [0.4, 0.5) is 0 Å². The molecule has 0 fully saturated rings. The monoisotopic (exact) mass is 364 g/mol. The van der Waals surface area contributed by atoms with Crippen molar-refractivity contribution in [3.8, 4) is 5.75 Å². The summed E-state index contributed by atoms with van der Waals surface area (Å²) in [6.45, 7) is 4.03. The van der Waals surface area contributed by atoms with Gasteiger partial charge in [0.1, 0.15) is 11.7 Å². The molecule has 0 saturated heterocycles. The molecule has 0 spiro atoms. The van der Waals surface area contributed by atoms with Gasteiger partial charge in [-0.3, -0.25) is 9.59 Å². The van der Waals surface area contributed by atoms with Crippen molar-refractivity contribution in [3.05, 3.63) is 71.3 Å². The molecule has 4 nitrogen and oxygen atoms in total. The van der Waals surface area contributed by atoms with Crippen molar-refractivity contribution >= 4 is 17.3 Å². The van der Waals surface area contributed by atoms with Crippen molar-refractivity contribution in [2.24, 2.45) is 5.92 Å². The van der Waals surface area contributed by atoms with E-state index in [1.54, 1.807) is 20.1 Å². The number of hydrogen-bond acceptors (Lipinski definition) is 4. The minimum atomic E-state index is -0.797. The number of carbonyl (C=O) groups is 2. The Morgan fingerprint density at radius 1 is 1.07 bits per heavy atom. The van der Waals surface area contributed by atoms with Gasteiger partial charge in [-0.05, 0) is 55.2 Å². The van der Waals surface area contributed by atoms with E-state index in [2.05, 4.69) is 0 Å². The fourth-order valence-electron chi connectivity index (χ4n) is 3.52. The highest BCUT2D eigenvalue weighted by atomic mass is 16.5. The molecule has 2 atom stereocenters. The maximum Gasteiger partial charge on any atom is 0.317 e.